The summed E-state index contributed by atoms with van der Waals surface area (Å²) in [6.07, 6.45) is 2.36. The fourth-order valence-corrected chi connectivity index (χ4v) is 3.32. The maximum absolute atomic E-state index is 12.6. The lowest BCUT2D eigenvalue weighted by Crippen LogP contribution is -2.50. The molecule has 6 heteroatoms. The highest BCUT2D eigenvalue weighted by atomic mass is 35.5. The first-order valence-electron chi connectivity index (χ1n) is 8.63. The van der Waals surface area contributed by atoms with Gasteiger partial charge in [0.2, 0.25) is 5.91 Å². The second kappa shape index (κ2) is 7.19. The molecule has 2 heterocycles. The van der Waals surface area contributed by atoms with Crippen molar-refractivity contribution in [2.24, 2.45) is 17.8 Å². The number of amides is 1. The maximum atomic E-state index is 12.6. The smallest absolute Gasteiger partial charge is 0.223 e. The zero-order chi connectivity index (χ0) is 15.8. The Labute approximate surface area is 148 Å². The molecule has 1 aromatic rings. The third-order valence-electron chi connectivity index (χ3n) is 5.25. The number of ether oxygens (including phenoxy) is 2. The van der Waals surface area contributed by atoms with Gasteiger partial charge in [-0.15, -0.1) is 12.4 Å². The molecule has 2 N–H and O–H groups in total. The molecule has 1 aromatic carbocycles. The molecule has 2 aliphatic heterocycles. The molecule has 0 spiro atoms. The van der Waals surface area contributed by atoms with Crippen molar-refractivity contribution in [2.75, 3.05) is 26.3 Å². The standard InChI is InChI=1S/C18H24N2O3.ClH/c1-11(14-9-19-10-14)18(21)20-17(12-2-3-12)13-4-5-15-16(8-13)23-7-6-22-15;/h4-5,8,11-12,14,17,19H,2-3,6-7,9-10H2,1H3,(H,20,21);1H. The van der Waals surface area contributed by atoms with Gasteiger partial charge in [0.05, 0.1) is 6.04 Å². The minimum Gasteiger partial charge on any atom is -0.486 e. The minimum absolute atomic E-state index is 0. The molecule has 1 aliphatic carbocycles. The zero-order valence-corrected chi connectivity index (χ0v) is 14.7. The van der Waals surface area contributed by atoms with Crippen LogP contribution in [0.3, 0.4) is 0 Å². The van der Waals surface area contributed by atoms with Crippen LogP contribution in [0.15, 0.2) is 18.2 Å². The Morgan fingerprint density at radius 3 is 2.50 bits per heavy atom. The van der Waals surface area contributed by atoms with Crippen molar-refractivity contribution in [3.05, 3.63) is 23.8 Å². The summed E-state index contributed by atoms with van der Waals surface area (Å²) in [7, 11) is 0. The molecule has 1 saturated carbocycles. The van der Waals surface area contributed by atoms with Crippen molar-refractivity contribution in [3.8, 4) is 11.5 Å². The number of hydrogen-bond acceptors (Lipinski definition) is 4. The van der Waals surface area contributed by atoms with Crippen LogP contribution in [-0.2, 0) is 4.79 Å². The Morgan fingerprint density at radius 1 is 1.17 bits per heavy atom. The van der Waals surface area contributed by atoms with E-state index in [1.807, 2.05) is 19.1 Å². The van der Waals surface area contributed by atoms with Gasteiger partial charge in [0.15, 0.2) is 11.5 Å². The van der Waals surface area contributed by atoms with E-state index < -0.39 is 0 Å². The number of carbonyl (C=O) groups excluding carboxylic acids is 1. The molecule has 132 valence electrons. The van der Waals surface area contributed by atoms with Crippen LogP contribution in [0.2, 0.25) is 0 Å². The fraction of sp³-hybridized carbons (Fsp3) is 0.611. The van der Waals surface area contributed by atoms with Gasteiger partial charge in [-0.1, -0.05) is 13.0 Å². The molecule has 2 atom stereocenters. The molecular formula is C18H25ClN2O3. The highest BCUT2D eigenvalue weighted by Crippen LogP contribution is 2.43. The molecule has 0 aromatic heterocycles. The summed E-state index contributed by atoms with van der Waals surface area (Å²) in [6, 6.07) is 6.15. The van der Waals surface area contributed by atoms with E-state index in [2.05, 4.69) is 16.7 Å². The van der Waals surface area contributed by atoms with Crippen LogP contribution in [-0.4, -0.2) is 32.2 Å². The normalized spacial score (nSPS) is 21.9. The Bertz CT molecular complexity index is 602. The third-order valence-corrected chi connectivity index (χ3v) is 5.25. The van der Waals surface area contributed by atoms with E-state index in [0.29, 0.717) is 25.0 Å². The average Bonchev–Trinajstić information content (AvgIpc) is 3.35. The van der Waals surface area contributed by atoms with Gasteiger partial charge in [-0.2, -0.15) is 0 Å². The van der Waals surface area contributed by atoms with Crippen molar-refractivity contribution in [2.45, 2.75) is 25.8 Å². The first kappa shape index (κ1) is 17.4. The largest absolute Gasteiger partial charge is 0.486 e. The number of rotatable bonds is 5. The first-order valence-corrected chi connectivity index (χ1v) is 8.63. The van der Waals surface area contributed by atoms with Gasteiger partial charge in [-0.3, -0.25) is 4.79 Å². The van der Waals surface area contributed by atoms with E-state index >= 15 is 0 Å². The SMILES string of the molecule is CC(C(=O)NC(c1ccc2c(c1)OCCO2)C1CC1)C1CNC1.Cl. The summed E-state index contributed by atoms with van der Waals surface area (Å²) in [4.78, 5) is 12.6. The number of fused-ring (bicyclic) bond motifs is 1. The van der Waals surface area contributed by atoms with E-state index in [1.54, 1.807) is 0 Å². The summed E-state index contributed by atoms with van der Waals surface area (Å²) in [5.41, 5.74) is 1.13. The zero-order valence-electron chi connectivity index (χ0n) is 13.9. The fourth-order valence-electron chi connectivity index (χ4n) is 3.32. The summed E-state index contributed by atoms with van der Waals surface area (Å²) in [6.45, 7) is 5.12. The lowest BCUT2D eigenvalue weighted by atomic mass is 9.87. The van der Waals surface area contributed by atoms with Crippen LogP contribution >= 0.6 is 12.4 Å². The Hall–Kier alpha value is -1.46. The minimum atomic E-state index is 0. The lowest BCUT2D eigenvalue weighted by Gasteiger charge is -2.33. The number of nitrogens with one attached hydrogen (secondary N) is 2. The third kappa shape index (κ3) is 3.47. The van der Waals surface area contributed by atoms with E-state index in [1.165, 1.54) is 12.8 Å². The topological polar surface area (TPSA) is 59.6 Å². The molecule has 1 amide bonds. The predicted octanol–water partition coefficient (Wildman–Crippen LogP) is 2.30. The van der Waals surface area contributed by atoms with Crippen molar-refractivity contribution in [3.63, 3.8) is 0 Å². The van der Waals surface area contributed by atoms with Gasteiger partial charge < -0.3 is 20.1 Å². The number of benzene rings is 1. The summed E-state index contributed by atoms with van der Waals surface area (Å²) < 4.78 is 11.3. The van der Waals surface area contributed by atoms with E-state index in [4.69, 9.17) is 9.47 Å². The summed E-state index contributed by atoms with van der Waals surface area (Å²) in [5, 5.41) is 6.53. The average molecular weight is 353 g/mol. The Morgan fingerprint density at radius 2 is 1.88 bits per heavy atom. The summed E-state index contributed by atoms with van der Waals surface area (Å²) >= 11 is 0. The molecule has 1 saturated heterocycles. The number of halogens is 1. The van der Waals surface area contributed by atoms with Crippen LogP contribution in [0, 0.1) is 17.8 Å². The van der Waals surface area contributed by atoms with Crippen molar-refractivity contribution >= 4 is 18.3 Å². The van der Waals surface area contributed by atoms with Crippen LogP contribution in [0.5, 0.6) is 11.5 Å². The van der Waals surface area contributed by atoms with Crippen LogP contribution in [0.4, 0.5) is 0 Å². The molecule has 4 rings (SSSR count). The van der Waals surface area contributed by atoms with Gasteiger partial charge in [-0.25, -0.2) is 0 Å². The van der Waals surface area contributed by atoms with Crippen molar-refractivity contribution in [1.29, 1.82) is 0 Å². The van der Waals surface area contributed by atoms with E-state index in [-0.39, 0.29) is 30.3 Å². The van der Waals surface area contributed by atoms with E-state index in [9.17, 15) is 4.79 Å². The number of hydrogen-bond donors (Lipinski definition) is 2. The monoisotopic (exact) mass is 352 g/mol. The maximum Gasteiger partial charge on any atom is 0.223 e. The Kier molecular flexibility index (Phi) is 5.21. The van der Waals surface area contributed by atoms with Crippen LogP contribution in [0.1, 0.15) is 31.4 Å². The molecule has 0 radical (unpaired) electrons. The molecule has 5 nitrogen and oxygen atoms in total. The van der Waals surface area contributed by atoms with Crippen molar-refractivity contribution < 1.29 is 14.3 Å². The number of carbonyl (C=O) groups is 1. The predicted molar refractivity (Wildman–Crippen MR) is 93.8 cm³/mol. The van der Waals surface area contributed by atoms with Gasteiger partial charge >= 0.3 is 0 Å². The first-order chi connectivity index (χ1) is 11.2. The van der Waals surface area contributed by atoms with E-state index in [0.717, 1.165) is 30.2 Å². The highest BCUT2D eigenvalue weighted by Gasteiger charge is 2.36. The summed E-state index contributed by atoms with van der Waals surface area (Å²) in [5.74, 6) is 2.85. The van der Waals surface area contributed by atoms with Gasteiger partial charge in [0.25, 0.3) is 0 Å². The lowest BCUT2D eigenvalue weighted by molar-refractivity contribution is -0.127. The molecule has 0 bridgehead atoms. The van der Waals surface area contributed by atoms with Gasteiger partial charge in [-0.05, 0) is 55.5 Å². The van der Waals surface area contributed by atoms with Crippen LogP contribution < -0.4 is 20.1 Å². The molecule has 3 aliphatic rings. The molecule has 2 fully saturated rings. The quantitative estimate of drug-likeness (QED) is 0.853. The second-order valence-corrected chi connectivity index (χ2v) is 6.93. The van der Waals surface area contributed by atoms with Gasteiger partial charge in [0.1, 0.15) is 13.2 Å². The highest BCUT2D eigenvalue weighted by molar-refractivity contribution is 5.85. The Balaban J connectivity index is 0.00000169. The van der Waals surface area contributed by atoms with Crippen LogP contribution in [0.25, 0.3) is 0 Å². The van der Waals surface area contributed by atoms with Crippen molar-refractivity contribution in [1.82, 2.24) is 10.6 Å². The van der Waals surface area contributed by atoms with Gasteiger partial charge in [0, 0.05) is 5.92 Å². The molecule has 24 heavy (non-hydrogen) atoms. The molecular weight excluding hydrogens is 328 g/mol. The second-order valence-electron chi connectivity index (χ2n) is 6.93. The molecule has 2 unspecified atom stereocenters.